The van der Waals surface area contributed by atoms with Crippen molar-refractivity contribution in [2.75, 3.05) is 13.1 Å². The summed E-state index contributed by atoms with van der Waals surface area (Å²) < 4.78 is 0. The molecule has 0 saturated heterocycles. The number of hydrogen-bond donors (Lipinski definition) is 0. The molecule has 2 rings (SSSR count). The van der Waals surface area contributed by atoms with E-state index in [0.717, 1.165) is 17.5 Å². The minimum atomic E-state index is -0.448. The van der Waals surface area contributed by atoms with E-state index in [2.05, 4.69) is 4.98 Å². The molecule has 0 N–H and O–H groups in total. The molecule has 0 saturated carbocycles. The lowest BCUT2D eigenvalue weighted by molar-refractivity contribution is -0.384. The van der Waals surface area contributed by atoms with E-state index in [1.54, 1.807) is 35.5 Å². The van der Waals surface area contributed by atoms with Gasteiger partial charge in [0, 0.05) is 43.7 Å². The molecular weight excluding hydrogens is 306 g/mol. The maximum atomic E-state index is 12.3. The fourth-order valence-electron chi connectivity index (χ4n) is 2.22. The van der Waals surface area contributed by atoms with Crippen LogP contribution in [0.25, 0.3) is 6.08 Å². The summed E-state index contributed by atoms with van der Waals surface area (Å²) in [5.41, 5.74) is 1.92. The first-order chi connectivity index (χ1) is 11.6. The molecule has 0 fully saturated rings. The molecule has 0 atom stereocenters. The number of benzene rings is 1. The van der Waals surface area contributed by atoms with Crippen LogP contribution in [0.15, 0.2) is 54.9 Å². The number of pyridine rings is 1. The van der Waals surface area contributed by atoms with Gasteiger partial charge in [-0.2, -0.15) is 0 Å². The van der Waals surface area contributed by atoms with E-state index in [-0.39, 0.29) is 11.6 Å². The highest BCUT2D eigenvalue weighted by Gasteiger charge is 2.08. The number of amides is 1. The summed E-state index contributed by atoms with van der Waals surface area (Å²) in [6, 6.07) is 9.96. The van der Waals surface area contributed by atoms with Crippen LogP contribution in [0, 0.1) is 10.1 Å². The largest absolute Gasteiger partial charge is 0.339 e. The predicted molar refractivity (Wildman–Crippen MR) is 92.3 cm³/mol. The van der Waals surface area contributed by atoms with Gasteiger partial charge in [-0.1, -0.05) is 0 Å². The van der Waals surface area contributed by atoms with Gasteiger partial charge in [-0.25, -0.2) is 0 Å². The molecule has 24 heavy (non-hydrogen) atoms. The molecule has 0 spiro atoms. The van der Waals surface area contributed by atoms with Crippen molar-refractivity contribution in [1.82, 2.24) is 9.88 Å². The first kappa shape index (κ1) is 17.3. The van der Waals surface area contributed by atoms with Gasteiger partial charge in [0.15, 0.2) is 0 Å². The Bertz CT molecular complexity index is 712. The minimum absolute atomic E-state index is 0.0333. The summed E-state index contributed by atoms with van der Waals surface area (Å²) in [4.78, 5) is 28.2. The normalized spacial score (nSPS) is 10.7. The molecule has 0 aliphatic rings. The zero-order chi connectivity index (χ0) is 17.4. The molecule has 0 bridgehead atoms. The van der Waals surface area contributed by atoms with Crippen LogP contribution >= 0.6 is 0 Å². The number of rotatable bonds is 7. The lowest BCUT2D eigenvalue weighted by atomic mass is 10.1. The monoisotopic (exact) mass is 325 g/mol. The van der Waals surface area contributed by atoms with Gasteiger partial charge in [-0.05, 0) is 54.8 Å². The summed E-state index contributed by atoms with van der Waals surface area (Å²) in [5.74, 6) is -0.0788. The van der Waals surface area contributed by atoms with E-state index < -0.39 is 4.92 Å². The van der Waals surface area contributed by atoms with Gasteiger partial charge in [0.1, 0.15) is 0 Å². The van der Waals surface area contributed by atoms with E-state index in [4.69, 9.17) is 0 Å². The third-order valence-corrected chi connectivity index (χ3v) is 3.64. The molecular formula is C18H19N3O3. The van der Waals surface area contributed by atoms with Crippen molar-refractivity contribution in [3.8, 4) is 0 Å². The Morgan fingerprint density at radius 2 is 1.88 bits per heavy atom. The lowest BCUT2D eigenvalue weighted by Crippen LogP contribution is -2.31. The molecule has 1 aromatic heterocycles. The molecule has 6 nitrogen and oxygen atoms in total. The molecule has 0 aliphatic carbocycles. The maximum Gasteiger partial charge on any atom is 0.269 e. The van der Waals surface area contributed by atoms with Crippen molar-refractivity contribution in [2.24, 2.45) is 0 Å². The summed E-state index contributed by atoms with van der Waals surface area (Å²) in [5, 5.41) is 10.6. The van der Waals surface area contributed by atoms with Crippen molar-refractivity contribution < 1.29 is 9.72 Å². The highest BCUT2D eigenvalue weighted by molar-refractivity contribution is 5.91. The van der Waals surface area contributed by atoms with E-state index in [9.17, 15) is 14.9 Å². The molecule has 6 heteroatoms. The third kappa shape index (κ3) is 5.01. The van der Waals surface area contributed by atoms with Crippen LogP contribution in [0.2, 0.25) is 0 Å². The minimum Gasteiger partial charge on any atom is -0.339 e. The van der Waals surface area contributed by atoms with Gasteiger partial charge >= 0.3 is 0 Å². The van der Waals surface area contributed by atoms with E-state index in [0.29, 0.717) is 13.1 Å². The number of likely N-dealkylation sites (N-methyl/N-ethyl adjacent to an activating group) is 1. The van der Waals surface area contributed by atoms with E-state index in [1.807, 2.05) is 19.1 Å². The van der Waals surface area contributed by atoms with Gasteiger partial charge in [-0.3, -0.25) is 19.9 Å². The summed E-state index contributed by atoms with van der Waals surface area (Å²) in [6.45, 7) is 3.18. The Morgan fingerprint density at radius 3 is 2.46 bits per heavy atom. The fraction of sp³-hybridized carbons (Fsp3) is 0.222. The van der Waals surface area contributed by atoms with Crippen molar-refractivity contribution in [2.45, 2.75) is 13.3 Å². The second kappa shape index (κ2) is 8.57. The summed E-state index contributed by atoms with van der Waals surface area (Å²) in [7, 11) is 0. The number of carbonyl (C=O) groups is 1. The van der Waals surface area contributed by atoms with Gasteiger partial charge in [-0.15, -0.1) is 0 Å². The van der Waals surface area contributed by atoms with Crippen LogP contribution < -0.4 is 0 Å². The number of carbonyl (C=O) groups excluding carboxylic acids is 1. The Morgan fingerprint density at radius 1 is 1.21 bits per heavy atom. The van der Waals surface area contributed by atoms with Crippen LogP contribution in [0.4, 0.5) is 5.69 Å². The molecule has 0 radical (unpaired) electrons. The van der Waals surface area contributed by atoms with E-state index in [1.165, 1.54) is 18.2 Å². The third-order valence-electron chi connectivity index (χ3n) is 3.64. The number of nitrogens with zero attached hydrogens (tertiary/aromatic N) is 3. The highest BCUT2D eigenvalue weighted by atomic mass is 16.6. The van der Waals surface area contributed by atoms with Gasteiger partial charge in [0.2, 0.25) is 5.91 Å². The highest BCUT2D eigenvalue weighted by Crippen LogP contribution is 2.13. The molecule has 0 aliphatic heterocycles. The van der Waals surface area contributed by atoms with Gasteiger partial charge in [0.05, 0.1) is 4.92 Å². The van der Waals surface area contributed by atoms with Crippen molar-refractivity contribution in [3.63, 3.8) is 0 Å². The Balaban J connectivity index is 1.94. The number of nitro groups is 1. The van der Waals surface area contributed by atoms with Crippen molar-refractivity contribution >= 4 is 17.7 Å². The van der Waals surface area contributed by atoms with Crippen LogP contribution in [-0.2, 0) is 11.2 Å². The van der Waals surface area contributed by atoms with Gasteiger partial charge in [0.25, 0.3) is 5.69 Å². The fourth-order valence-corrected chi connectivity index (χ4v) is 2.22. The van der Waals surface area contributed by atoms with Crippen molar-refractivity contribution in [1.29, 1.82) is 0 Å². The van der Waals surface area contributed by atoms with Crippen LogP contribution in [0.1, 0.15) is 18.1 Å². The molecule has 2 aromatic rings. The first-order valence-corrected chi connectivity index (χ1v) is 7.70. The number of non-ortho nitro benzene ring substituents is 1. The van der Waals surface area contributed by atoms with Crippen LogP contribution in [0.5, 0.6) is 0 Å². The summed E-state index contributed by atoms with van der Waals surface area (Å²) >= 11 is 0. The summed E-state index contributed by atoms with van der Waals surface area (Å²) in [6.07, 6.45) is 7.41. The molecule has 1 heterocycles. The van der Waals surface area contributed by atoms with E-state index >= 15 is 0 Å². The average Bonchev–Trinajstić information content (AvgIpc) is 2.61. The number of hydrogen-bond acceptors (Lipinski definition) is 4. The van der Waals surface area contributed by atoms with Gasteiger partial charge < -0.3 is 4.90 Å². The molecule has 1 aromatic carbocycles. The lowest BCUT2D eigenvalue weighted by Gasteiger charge is -2.19. The molecule has 0 unspecified atom stereocenters. The van der Waals surface area contributed by atoms with Crippen molar-refractivity contribution in [3.05, 3.63) is 76.1 Å². The van der Waals surface area contributed by atoms with Crippen LogP contribution in [0.3, 0.4) is 0 Å². The topological polar surface area (TPSA) is 76.3 Å². The first-order valence-electron chi connectivity index (χ1n) is 7.70. The Kier molecular flexibility index (Phi) is 6.19. The quantitative estimate of drug-likeness (QED) is 0.445. The smallest absolute Gasteiger partial charge is 0.269 e. The second-order valence-corrected chi connectivity index (χ2v) is 5.21. The second-order valence-electron chi connectivity index (χ2n) is 5.21. The molecule has 1 amide bonds. The molecule has 124 valence electrons. The number of aromatic nitrogens is 1. The predicted octanol–water partition coefficient (Wildman–Crippen LogP) is 3.09. The standard InChI is InChI=1S/C18H19N3O3/c1-2-20(14-11-16-9-12-19-13-10-16)18(22)8-5-15-3-6-17(7-4-15)21(23)24/h3-10,12-13H,2,11,14H2,1H3/b8-5+. The number of nitro benzene ring substituents is 1. The van der Waals surface area contributed by atoms with Crippen LogP contribution in [-0.4, -0.2) is 33.8 Å². The zero-order valence-corrected chi connectivity index (χ0v) is 13.5. The average molecular weight is 325 g/mol. The Hall–Kier alpha value is -3.02. The zero-order valence-electron chi connectivity index (χ0n) is 13.5. The Labute approximate surface area is 140 Å². The SMILES string of the molecule is CCN(CCc1ccncc1)C(=O)/C=C/c1ccc([N+](=O)[O-])cc1. The maximum absolute atomic E-state index is 12.3.